The zero-order valence-corrected chi connectivity index (χ0v) is 12.5. The Bertz CT molecular complexity index is 562. The summed E-state index contributed by atoms with van der Waals surface area (Å²) in [6.45, 7) is 2.17. The summed E-state index contributed by atoms with van der Waals surface area (Å²) in [7, 11) is 0. The zero-order valence-electron chi connectivity index (χ0n) is 11.7. The molecule has 0 atom stereocenters. The summed E-state index contributed by atoms with van der Waals surface area (Å²) >= 11 is 1.47. The lowest BCUT2D eigenvalue weighted by Crippen LogP contribution is -2.45. The molecule has 0 aromatic heterocycles. The Balaban J connectivity index is 1.97. The molecular weight excluding hydrogens is 290 g/mol. The molecule has 0 fully saturated rings. The normalized spacial score (nSPS) is 13.6. The van der Waals surface area contributed by atoms with Gasteiger partial charge in [-0.15, -0.1) is 11.8 Å². The van der Waals surface area contributed by atoms with Crippen LogP contribution in [-0.4, -0.2) is 43.1 Å². The fourth-order valence-corrected chi connectivity index (χ4v) is 2.90. The maximum absolute atomic E-state index is 12.0. The standard InChI is InChI=1S/C14H17N3O3S/c1-2-15-12(18)7-16-13(19)8-17-10-5-3-4-6-11(10)21-9-14(17)20/h3-6H,2,7-9H2,1H3,(H,15,18)(H,16,19). The molecule has 1 aliphatic heterocycles. The van der Waals surface area contributed by atoms with E-state index in [1.165, 1.54) is 16.7 Å². The van der Waals surface area contributed by atoms with E-state index in [0.29, 0.717) is 12.3 Å². The second-order valence-electron chi connectivity index (χ2n) is 4.47. The molecular formula is C14H17N3O3S. The smallest absolute Gasteiger partial charge is 0.240 e. The topological polar surface area (TPSA) is 78.5 Å². The molecule has 0 radical (unpaired) electrons. The highest BCUT2D eigenvalue weighted by Gasteiger charge is 2.26. The van der Waals surface area contributed by atoms with Crippen molar-refractivity contribution in [2.24, 2.45) is 0 Å². The van der Waals surface area contributed by atoms with Crippen LogP contribution < -0.4 is 15.5 Å². The summed E-state index contributed by atoms with van der Waals surface area (Å²) in [5.41, 5.74) is 0.743. The van der Waals surface area contributed by atoms with Gasteiger partial charge in [0.25, 0.3) is 0 Å². The van der Waals surface area contributed by atoms with Crippen molar-refractivity contribution in [1.29, 1.82) is 0 Å². The maximum Gasteiger partial charge on any atom is 0.240 e. The van der Waals surface area contributed by atoms with Crippen LogP contribution in [0.15, 0.2) is 29.2 Å². The quantitative estimate of drug-likeness (QED) is 0.824. The average Bonchev–Trinajstić information content (AvgIpc) is 2.48. The molecule has 1 aromatic rings. The van der Waals surface area contributed by atoms with Crippen molar-refractivity contribution in [3.8, 4) is 0 Å². The molecule has 21 heavy (non-hydrogen) atoms. The number of para-hydroxylation sites is 1. The van der Waals surface area contributed by atoms with Gasteiger partial charge in [0, 0.05) is 11.4 Å². The van der Waals surface area contributed by atoms with Crippen molar-refractivity contribution in [3.05, 3.63) is 24.3 Å². The minimum atomic E-state index is -0.351. The predicted octanol–water partition coefficient (Wildman–Crippen LogP) is 0.378. The maximum atomic E-state index is 12.0. The highest BCUT2D eigenvalue weighted by atomic mass is 32.2. The van der Waals surface area contributed by atoms with E-state index in [2.05, 4.69) is 10.6 Å². The van der Waals surface area contributed by atoms with Gasteiger partial charge in [0.15, 0.2) is 0 Å². The number of thioether (sulfide) groups is 1. The minimum absolute atomic E-state index is 0.0736. The van der Waals surface area contributed by atoms with Crippen LogP contribution in [0.4, 0.5) is 5.69 Å². The van der Waals surface area contributed by atoms with Gasteiger partial charge in [-0.1, -0.05) is 12.1 Å². The molecule has 112 valence electrons. The van der Waals surface area contributed by atoms with Gasteiger partial charge in [0.05, 0.1) is 18.0 Å². The lowest BCUT2D eigenvalue weighted by atomic mass is 10.2. The molecule has 1 aliphatic rings. The Labute approximate surface area is 127 Å². The van der Waals surface area contributed by atoms with Gasteiger partial charge in [0.2, 0.25) is 17.7 Å². The largest absolute Gasteiger partial charge is 0.355 e. The predicted molar refractivity (Wildman–Crippen MR) is 81.2 cm³/mol. The number of fused-ring (bicyclic) bond motifs is 1. The van der Waals surface area contributed by atoms with Crippen molar-refractivity contribution >= 4 is 35.2 Å². The molecule has 0 unspecified atom stereocenters. The van der Waals surface area contributed by atoms with Gasteiger partial charge in [-0.2, -0.15) is 0 Å². The van der Waals surface area contributed by atoms with Gasteiger partial charge in [-0.3, -0.25) is 14.4 Å². The molecule has 7 heteroatoms. The van der Waals surface area contributed by atoms with Crippen LogP contribution in [0.3, 0.4) is 0 Å². The average molecular weight is 307 g/mol. The van der Waals surface area contributed by atoms with Crippen LogP contribution in [-0.2, 0) is 14.4 Å². The molecule has 0 spiro atoms. The number of benzene rings is 1. The number of nitrogens with zero attached hydrogens (tertiary/aromatic N) is 1. The monoisotopic (exact) mass is 307 g/mol. The van der Waals surface area contributed by atoms with E-state index in [-0.39, 0.29) is 30.8 Å². The molecule has 1 aromatic carbocycles. The third-order valence-corrected chi connectivity index (χ3v) is 3.98. The number of rotatable bonds is 5. The summed E-state index contributed by atoms with van der Waals surface area (Å²) < 4.78 is 0. The fourth-order valence-electron chi connectivity index (χ4n) is 1.97. The van der Waals surface area contributed by atoms with E-state index in [1.54, 1.807) is 6.92 Å². The molecule has 2 rings (SSSR count). The number of hydrogen-bond acceptors (Lipinski definition) is 4. The van der Waals surface area contributed by atoms with Gasteiger partial charge < -0.3 is 15.5 Å². The zero-order chi connectivity index (χ0) is 15.2. The number of anilines is 1. The highest BCUT2D eigenvalue weighted by molar-refractivity contribution is 8.00. The summed E-state index contributed by atoms with van der Waals surface area (Å²) in [4.78, 5) is 37.6. The fraction of sp³-hybridized carbons (Fsp3) is 0.357. The van der Waals surface area contributed by atoms with Crippen molar-refractivity contribution in [1.82, 2.24) is 10.6 Å². The SMILES string of the molecule is CCNC(=O)CNC(=O)CN1C(=O)CSc2ccccc21. The summed E-state index contributed by atoms with van der Waals surface area (Å²) in [6, 6.07) is 7.47. The summed E-state index contributed by atoms with van der Waals surface area (Å²) in [5, 5.41) is 5.11. The van der Waals surface area contributed by atoms with Gasteiger partial charge in [-0.25, -0.2) is 0 Å². The Kier molecular flexibility index (Phi) is 5.21. The molecule has 0 saturated heterocycles. The van der Waals surface area contributed by atoms with Crippen molar-refractivity contribution in [3.63, 3.8) is 0 Å². The molecule has 1 heterocycles. The number of carbonyl (C=O) groups excluding carboxylic acids is 3. The summed E-state index contributed by atoms with van der Waals surface area (Å²) in [5.74, 6) is -0.379. The molecule has 2 N–H and O–H groups in total. The Morgan fingerprint density at radius 2 is 2.00 bits per heavy atom. The first kappa shape index (κ1) is 15.4. The van der Waals surface area contributed by atoms with Gasteiger partial charge in [-0.05, 0) is 19.1 Å². The molecule has 0 bridgehead atoms. The van der Waals surface area contributed by atoms with Crippen LogP contribution in [0.1, 0.15) is 6.92 Å². The molecule has 6 nitrogen and oxygen atoms in total. The Morgan fingerprint density at radius 3 is 2.76 bits per heavy atom. The third kappa shape index (κ3) is 3.98. The minimum Gasteiger partial charge on any atom is -0.355 e. The van der Waals surface area contributed by atoms with Crippen LogP contribution in [0.25, 0.3) is 0 Å². The highest BCUT2D eigenvalue weighted by Crippen LogP contribution is 2.34. The number of amides is 3. The Morgan fingerprint density at radius 1 is 1.24 bits per heavy atom. The number of likely N-dealkylation sites (N-methyl/N-ethyl adjacent to an activating group) is 1. The Hall–Kier alpha value is -2.02. The van der Waals surface area contributed by atoms with E-state index in [0.717, 1.165) is 10.6 Å². The van der Waals surface area contributed by atoms with E-state index >= 15 is 0 Å². The molecule has 0 aliphatic carbocycles. The first-order valence-electron chi connectivity index (χ1n) is 6.67. The lowest BCUT2D eigenvalue weighted by Gasteiger charge is -2.28. The van der Waals surface area contributed by atoms with Gasteiger partial charge >= 0.3 is 0 Å². The van der Waals surface area contributed by atoms with E-state index in [4.69, 9.17) is 0 Å². The first-order chi connectivity index (χ1) is 10.1. The number of carbonyl (C=O) groups is 3. The van der Waals surface area contributed by atoms with Crippen molar-refractivity contribution in [2.45, 2.75) is 11.8 Å². The second-order valence-corrected chi connectivity index (χ2v) is 5.48. The van der Waals surface area contributed by atoms with Crippen LogP contribution >= 0.6 is 11.8 Å². The second kappa shape index (κ2) is 7.12. The van der Waals surface area contributed by atoms with Gasteiger partial charge in [0.1, 0.15) is 6.54 Å². The van der Waals surface area contributed by atoms with E-state index in [9.17, 15) is 14.4 Å². The van der Waals surface area contributed by atoms with E-state index < -0.39 is 0 Å². The third-order valence-electron chi connectivity index (χ3n) is 2.93. The lowest BCUT2D eigenvalue weighted by molar-refractivity contribution is -0.126. The first-order valence-corrected chi connectivity index (χ1v) is 7.66. The number of nitrogens with one attached hydrogen (secondary N) is 2. The van der Waals surface area contributed by atoms with Crippen LogP contribution in [0, 0.1) is 0 Å². The summed E-state index contributed by atoms with van der Waals surface area (Å²) in [6.07, 6.45) is 0. The molecule has 3 amide bonds. The van der Waals surface area contributed by atoms with Crippen molar-refractivity contribution in [2.75, 3.05) is 30.3 Å². The van der Waals surface area contributed by atoms with Crippen LogP contribution in [0.5, 0.6) is 0 Å². The van der Waals surface area contributed by atoms with E-state index in [1.807, 2.05) is 24.3 Å². The van der Waals surface area contributed by atoms with Crippen LogP contribution in [0.2, 0.25) is 0 Å². The number of hydrogen-bond donors (Lipinski definition) is 2. The van der Waals surface area contributed by atoms with Crippen molar-refractivity contribution < 1.29 is 14.4 Å². The molecule has 0 saturated carbocycles.